The first kappa shape index (κ1) is 27.9. The summed E-state index contributed by atoms with van der Waals surface area (Å²) in [6.45, 7) is 5.77. The Balaban J connectivity index is 0.00000308. The van der Waals surface area contributed by atoms with Crippen molar-refractivity contribution >= 4 is 40.2 Å². The number of benzene rings is 2. The minimum atomic E-state index is -0.207. The summed E-state index contributed by atoms with van der Waals surface area (Å²) in [6.07, 6.45) is 4.35. The number of rotatable bonds is 6. The number of furan rings is 1. The molecule has 3 fully saturated rings. The molecule has 0 saturated carbocycles. The smallest absolute Gasteiger partial charge is 0.289 e. The van der Waals surface area contributed by atoms with Crippen LogP contribution in [0, 0.1) is 11.3 Å². The van der Waals surface area contributed by atoms with E-state index in [9.17, 15) is 9.59 Å². The number of piperidine rings is 1. The van der Waals surface area contributed by atoms with E-state index in [2.05, 4.69) is 62.1 Å². The molecule has 8 heteroatoms. The lowest BCUT2D eigenvalue weighted by Crippen LogP contribution is -2.46. The Kier molecular flexibility index (Phi) is 8.50. The lowest BCUT2D eigenvalue weighted by Gasteiger charge is -2.39. The zero-order chi connectivity index (χ0) is 26.1. The van der Waals surface area contributed by atoms with Crippen LogP contribution < -0.4 is 0 Å². The summed E-state index contributed by atoms with van der Waals surface area (Å²) < 4.78 is 6.47. The first-order valence-corrected chi connectivity index (χ1v) is 14.4. The minimum absolute atomic E-state index is 0. The summed E-state index contributed by atoms with van der Waals surface area (Å²) in [4.78, 5) is 33.1. The van der Waals surface area contributed by atoms with E-state index in [1.165, 1.54) is 11.1 Å². The lowest BCUT2D eigenvalue weighted by atomic mass is 9.76. The average molecular weight is 613 g/mol. The average Bonchev–Trinajstić information content (AvgIpc) is 3.69. The summed E-state index contributed by atoms with van der Waals surface area (Å²) >= 11 is 3.49. The molecule has 3 aliphatic heterocycles. The second-order valence-electron chi connectivity index (χ2n) is 11.1. The fourth-order valence-electron chi connectivity index (χ4n) is 6.67. The number of hydrogen-bond donors (Lipinski definition) is 0. The normalized spacial score (nSPS) is 22.8. The van der Waals surface area contributed by atoms with Gasteiger partial charge in [-0.05, 0) is 73.7 Å². The van der Waals surface area contributed by atoms with Gasteiger partial charge in [-0.1, -0.05) is 58.4 Å². The fourth-order valence-corrected chi connectivity index (χ4v) is 6.93. The van der Waals surface area contributed by atoms with Crippen molar-refractivity contribution in [1.82, 2.24) is 14.7 Å². The van der Waals surface area contributed by atoms with Crippen molar-refractivity contribution in [1.29, 1.82) is 0 Å². The number of halogens is 2. The molecular weight excluding hydrogens is 578 g/mol. The zero-order valence-corrected chi connectivity index (χ0v) is 24.4. The Morgan fingerprint density at radius 3 is 2.33 bits per heavy atom. The van der Waals surface area contributed by atoms with Gasteiger partial charge in [-0.25, -0.2) is 0 Å². The molecule has 2 atom stereocenters. The number of carbonyl (C=O) groups is 2. The lowest BCUT2D eigenvalue weighted by molar-refractivity contribution is -0.139. The van der Waals surface area contributed by atoms with E-state index in [0.29, 0.717) is 36.6 Å². The van der Waals surface area contributed by atoms with Crippen LogP contribution in [0.1, 0.15) is 46.9 Å². The van der Waals surface area contributed by atoms with Gasteiger partial charge >= 0.3 is 0 Å². The van der Waals surface area contributed by atoms with Crippen LogP contribution in [0.3, 0.4) is 0 Å². The van der Waals surface area contributed by atoms with Crippen LogP contribution >= 0.6 is 28.3 Å². The van der Waals surface area contributed by atoms with E-state index in [1.807, 2.05) is 23.1 Å². The van der Waals surface area contributed by atoms with E-state index < -0.39 is 0 Å². The highest BCUT2D eigenvalue weighted by Gasteiger charge is 2.48. The maximum Gasteiger partial charge on any atom is 0.289 e. The molecule has 4 heterocycles. The number of likely N-dealkylation sites (tertiary alicyclic amines) is 3. The minimum Gasteiger partial charge on any atom is -0.459 e. The van der Waals surface area contributed by atoms with E-state index >= 15 is 0 Å². The topological polar surface area (TPSA) is 57.0 Å². The van der Waals surface area contributed by atoms with Crippen LogP contribution in [0.15, 0.2) is 81.9 Å². The Morgan fingerprint density at radius 1 is 0.923 bits per heavy atom. The molecule has 1 aromatic heterocycles. The van der Waals surface area contributed by atoms with E-state index in [1.54, 1.807) is 18.4 Å². The number of carbonyl (C=O) groups excluding carboxylic acids is 2. The molecule has 39 heavy (non-hydrogen) atoms. The third-order valence-corrected chi connectivity index (χ3v) is 9.41. The van der Waals surface area contributed by atoms with E-state index in [4.69, 9.17) is 4.42 Å². The Morgan fingerprint density at radius 2 is 1.64 bits per heavy atom. The molecule has 6 rings (SSSR count). The van der Waals surface area contributed by atoms with Crippen molar-refractivity contribution in [3.63, 3.8) is 0 Å². The fraction of sp³-hybridized carbons (Fsp3) is 0.419. The van der Waals surface area contributed by atoms with E-state index in [-0.39, 0.29) is 23.7 Å². The van der Waals surface area contributed by atoms with Gasteiger partial charge in [0.2, 0.25) is 5.91 Å². The summed E-state index contributed by atoms with van der Waals surface area (Å²) in [5.41, 5.74) is 2.26. The first-order valence-electron chi connectivity index (χ1n) is 13.6. The van der Waals surface area contributed by atoms with Gasteiger partial charge in [-0.3, -0.25) is 9.59 Å². The molecule has 2 aromatic carbocycles. The molecule has 0 aliphatic carbocycles. The van der Waals surface area contributed by atoms with Crippen LogP contribution in [-0.2, 0) is 11.3 Å². The molecule has 2 unspecified atom stereocenters. The van der Waals surface area contributed by atoms with Crippen LogP contribution in [0.2, 0.25) is 0 Å². The first-order chi connectivity index (χ1) is 18.5. The van der Waals surface area contributed by atoms with Crippen LogP contribution in [-0.4, -0.2) is 65.8 Å². The highest BCUT2D eigenvalue weighted by molar-refractivity contribution is 9.10. The largest absolute Gasteiger partial charge is 0.459 e. The predicted octanol–water partition coefficient (Wildman–Crippen LogP) is 5.83. The van der Waals surface area contributed by atoms with Crippen molar-refractivity contribution in [2.75, 3.05) is 39.3 Å². The molecule has 3 aliphatic rings. The van der Waals surface area contributed by atoms with Gasteiger partial charge < -0.3 is 19.1 Å². The number of amides is 2. The Labute approximate surface area is 244 Å². The maximum atomic E-state index is 13.5. The molecule has 206 valence electrons. The van der Waals surface area contributed by atoms with Gasteiger partial charge in [0, 0.05) is 43.1 Å². The van der Waals surface area contributed by atoms with Crippen molar-refractivity contribution < 1.29 is 14.0 Å². The van der Waals surface area contributed by atoms with E-state index in [0.717, 1.165) is 56.5 Å². The Bertz CT molecular complexity index is 1260. The summed E-state index contributed by atoms with van der Waals surface area (Å²) in [5, 5.41) is 0. The maximum absolute atomic E-state index is 13.5. The van der Waals surface area contributed by atoms with Crippen molar-refractivity contribution in [2.24, 2.45) is 11.3 Å². The van der Waals surface area contributed by atoms with Gasteiger partial charge in [0.05, 0.1) is 11.7 Å². The van der Waals surface area contributed by atoms with Gasteiger partial charge in [0.15, 0.2) is 5.76 Å². The highest BCUT2D eigenvalue weighted by atomic mass is 79.9. The van der Waals surface area contributed by atoms with Crippen molar-refractivity contribution in [3.05, 3.63) is 94.4 Å². The Hall–Kier alpha value is -2.61. The van der Waals surface area contributed by atoms with Gasteiger partial charge in [-0.2, -0.15) is 0 Å². The summed E-state index contributed by atoms with van der Waals surface area (Å²) in [7, 11) is 0. The zero-order valence-electron chi connectivity index (χ0n) is 22.0. The quantitative estimate of drug-likeness (QED) is 0.351. The van der Waals surface area contributed by atoms with Crippen LogP contribution in [0.25, 0.3) is 0 Å². The van der Waals surface area contributed by atoms with Gasteiger partial charge in [-0.15, -0.1) is 12.4 Å². The van der Waals surface area contributed by atoms with Crippen molar-refractivity contribution in [3.8, 4) is 0 Å². The molecule has 0 radical (unpaired) electrons. The van der Waals surface area contributed by atoms with Crippen molar-refractivity contribution in [2.45, 2.75) is 31.7 Å². The third-order valence-electron chi connectivity index (χ3n) is 8.88. The monoisotopic (exact) mass is 611 g/mol. The molecule has 0 bridgehead atoms. The summed E-state index contributed by atoms with van der Waals surface area (Å²) in [5.74, 6) is 1.35. The molecule has 2 amide bonds. The standard InChI is InChI=1S/C31H34BrN3O3.ClH/c32-26-10-8-23(9-11-26)19-34-17-14-31(30(34)37)12-15-33(16-13-31)20-25-21-35(29(36)28-7-4-18-38-28)22-27(25)24-5-2-1-3-6-24;/h1-11,18,25,27H,12-17,19-22H2;1H. The van der Waals surface area contributed by atoms with Gasteiger partial charge in [0.1, 0.15) is 0 Å². The van der Waals surface area contributed by atoms with Gasteiger partial charge in [0.25, 0.3) is 5.91 Å². The molecule has 1 spiro atoms. The number of hydrogen-bond acceptors (Lipinski definition) is 4. The second kappa shape index (κ2) is 11.9. The summed E-state index contributed by atoms with van der Waals surface area (Å²) in [6, 6.07) is 22.4. The molecule has 0 N–H and O–H groups in total. The SMILES string of the molecule is Cl.O=C(c1ccco1)N1CC(CN2CCC3(CC2)CCN(Cc2ccc(Br)cc2)C3=O)C(c2ccccc2)C1. The molecule has 3 saturated heterocycles. The third kappa shape index (κ3) is 5.81. The van der Waals surface area contributed by atoms with Crippen LogP contribution in [0.4, 0.5) is 0 Å². The number of nitrogens with zero attached hydrogens (tertiary/aromatic N) is 3. The second-order valence-corrected chi connectivity index (χ2v) is 12.1. The molecular formula is C31H35BrClN3O3. The predicted molar refractivity (Wildman–Crippen MR) is 157 cm³/mol. The molecule has 3 aromatic rings. The van der Waals surface area contributed by atoms with Crippen LogP contribution in [0.5, 0.6) is 0 Å². The highest BCUT2D eigenvalue weighted by Crippen LogP contribution is 2.43. The molecule has 6 nitrogen and oxygen atoms in total.